The highest BCUT2D eigenvalue weighted by Crippen LogP contribution is 2.34. The first-order valence-corrected chi connectivity index (χ1v) is 12.9. The zero-order valence-electron chi connectivity index (χ0n) is 22.0. The van der Waals surface area contributed by atoms with Gasteiger partial charge >= 0.3 is 5.97 Å². The number of nitrogens with zero attached hydrogens (tertiary/aromatic N) is 1. The smallest absolute Gasteiger partial charge is 0.306 e. The average molecular weight is 577 g/mol. The summed E-state index contributed by atoms with van der Waals surface area (Å²) >= 11 is 6.19. The lowest BCUT2D eigenvalue weighted by atomic mass is 9.96. The van der Waals surface area contributed by atoms with E-state index >= 15 is 4.39 Å². The molecule has 1 aliphatic heterocycles. The summed E-state index contributed by atoms with van der Waals surface area (Å²) in [7, 11) is 1.34. The van der Waals surface area contributed by atoms with E-state index in [0.717, 1.165) is 6.07 Å². The van der Waals surface area contributed by atoms with Crippen LogP contribution in [0.1, 0.15) is 44.7 Å². The molecule has 0 bridgehead atoms. The largest absolute Gasteiger partial charge is 0.494 e. The molecular weight excluding hydrogens is 551 g/mol. The molecule has 0 aliphatic carbocycles. The maximum absolute atomic E-state index is 15.2. The van der Waals surface area contributed by atoms with Crippen LogP contribution < -0.4 is 15.4 Å². The first kappa shape index (κ1) is 29.1. The molecule has 1 saturated heterocycles. The van der Waals surface area contributed by atoms with Gasteiger partial charge in [-0.1, -0.05) is 23.6 Å². The van der Waals surface area contributed by atoms with Crippen LogP contribution in [-0.4, -0.2) is 53.8 Å². The molecule has 210 valence electrons. The number of methoxy groups -OCH3 is 1. The van der Waals surface area contributed by atoms with Crippen molar-refractivity contribution in [3.63, 3.8) is 0 Å². The molecule has 0 saturated carbocycles. The minimum Gasteiger partial charge on any atom is -0.494 e. The lowest BCUT2D eigenvalue weighted by Gasteiger charge is -2.32. The van der Waals surface area contributed by atoms with Crippen molar-refractivity contribution in [1.29, 1.82) is 5.41 Å². The van der Waals surface area contributed by atoms with Crippen LogP contribution in [0.25, 0.3) is 0 Å². The molecular formula is C30H26ClFN4O5. The zero-order valence-corrected chi connectivity index (χ0v) is 22.7. The molecule has 9 nitrogen and oxygen atoms in total. The predicted molar refractivity (Wildman–Crippen MR) is 153 cm³/mol. The van der Waals surface area contributed by atoms with Gasteiger partial charge in [0.25, 0.3) is 11.8 Å². The summed E-state index contributed by atoms with van der Waals surface area (Å²) in [6.07, 6.45) is 6.14. The number of amidine groups is 1. The van der Waals surface area contributed by atoms with Gasteiger partial charge in [0.1, 0.15) is 17.4 Å². The van der Waals surface area contributed by atoms with Crippen LogP contribution in [0, 0.1) is 29.5 Å². The number of hydrogen-bond donors (Lipinski definition) is 4. The van der Waals surface area contributed by atoms with Gasteiger partial charge in [0, 0.05) is 41.0 Å². The molecule has 4 rings (SSSR count). The minimum absolute atomic E-state index is 0.0165. The average Bonchev–Trinajstić information content (AvgIpc) is 2.97. The van der Waals surface area contributed by atoms with Crippen molar-refractivity contribution in [2.45, 2.75) is 12.8 Å². The van der Waals surface area contributed by atoms with Crippen molar-refractivity contribution in [2.75, 3.05) is 30.8 Å². The number of halogens is 2. The number of likely N-dealkylation sites (tertiary alicyclic amines) is 1. The number of hydrogen-bond acceptors (Lipinski definition) is 5. The highest BCUT2D eigenvalue weighted by molar-refractivity contribution is 6.31. The number of anilines is 2. The third kappa shape index (κ3) is 6.65. The van der Waals surface area contributed by atoms with Crippen LogP contribution in [-0.2, 0) is 4.79 Å². The first-order valence-electron chi connectivity index (χ1n) is 12.5. The molecule has 11 heteroatoms. The van der Waals surface area contributed by atoms with Crippen molar-refractivity contribution in [3.8, 4) is 18.1 Å². The number of rotatable bonds is 7. The van der Waals surface area contributed by atoms with Crippen molar-refractivity contribution in [3.05, 3.63) is 87.7 Å². The lowest BCUT2D eigenvalue weighted by molar-refractivity contribution is -0.143. The fourth-order valence-electron chi connectivity index (χ4n) is 4.46. The van der Waals surface area contributed by atoms with Crippen LogP contribution in [0.2, 0.25) is 5.02 Å². The maximum Gasteiger partial charge on any atom is 0.306 e. The second kappa shape index (κ2) is 12.5. The third-order valence-electron chi connectivity index (χ3n) is 6.73. The summed E-state index contributed by atoms with van der Waals surface area (Å²) in [6, 6.07) is 13.1. The van der Waals surface area contributed by atoms with Gasteiger partial charge in [0.2, 0.25) is 0 Å². The summed E-state index contributed by atoms with van der Waals surface area (Å²) < 4.78 is 20.5. The van der Waals surface area contributed by atoms with Crippen LogP contribution in [0.15, 0.2) is 54.6 Å². The molecule has 4 N–H and O–H groups in total. The maximum atomic E-state index is 15.2. The Morgan fingerprint density at radius 3 is 2.29 bits per heavy atom. The fraction of sp³-hybridized carbons (Fsp3) is 0.200. The monoisotopic (exact) mass is 576 g/mol. The molecule has 0 spiro atoms. The van der Waals surface area contributed by atoms with Crippen molar-refractivity contribution in [2.24, 2.45) is 5.92 Å². The number of carboxylic acids is 1. The standard InChI is InChI=1S/C30H26ClFN4O5/c1-3-17-4-7-21(8-5-17)34-29(38)23-15-20(31)16-25(41-2)26(23)35-28(37)22-9-6-19(14-24(22)32)27(33)36-12-10-18(11-13-36)30(39)40/h1,4-9,14-16,18,33H,10-13H2,2H3,(H,34,38)(H,35,37)(H,39,40). The molecule has 0 radical (unpaired) electrons. The number of amides is 2. The minimum atomic E-state index is -0.877. The molecule has 3 aromatic carbocycles. The number of terminal acetylenes is 1. The molecule has 3 aromatic rings. The van der Waals surface area contributed by atoms with Crippen LogP contribution >= 0.6 is 11.6 Å². The van der Waals surface area contributed by atoms with E-state index in [2.05, 4.69) is 16.6 Å². The number of carbonyl (C=O) groups excluding carboxylic acids is 2. The normalized spacial score (nSPS) is 13.2. The Morgan fingerprint density at radius 2 is 1.71 bits per heavy atom. The molecule has 0 aromatic heterocycles. The van der Waals surface area contributed by atoms with Gasteiger partial charge in [-0.2, -0.15) is 0 Å². The highest BCUT2D eigenvalue weighted by Gasteiger charge is 2.27. The Balaban J connectivity index is 1.54. The van der Waals surface area contributed by atoms with Gasteiger partial charge in [-0.3, -0.25) is 19.8 Å². The number of nitrogens with one attached hydrogen (secondary N) is 3. The summed E-state index contributed by atoms with van der Waals surface area (Å²) in [5.41, 5.74) is 0.962. The Bertz CT molecular complexity index is 1560. The highest BCUT2D eigenvalue weighted by atomic mass is 35.5. The Hall–Kier alpha value is -4.88. The van der Waals surface area contributed by atoms with Gasteiger partial charge in [0.05, 0.1) is 29.8 Å². The topological polar surface area (TPSA) is 132 Å². The Labute approximate surface area is 240 Å². The van der Waals surface area contributed by atoms with Gasteiger partial charge in [-0.05, 0) is 55.3 Å². The Kier molecular flexibility index (Phi) is 8.90. The number of carboxylic acid groups (broad SMARTS) is 1. The van der Waals surface area contributed by atoms with Crippen molar-refractivity contribution >= 4 is 46.6 Å². The molecule has 0 atom stereocenters. The van der Waals surface area contributed by atoms with E-state index < -0.39 is 29.5 Å². The van der Waals surface area contributed by atoms with Crippen LogP contribution in [0.5, 0.6) is 5.75 Å². The third-order valence-corrected chi connectivity index (χ3v) is 6.95. The van der Waals surface area contributed by atoms with Gasteiger partial charge in [-0.25, -0.2) is 4.39 Å². The summed E-state index contributed by atoms with van der Waals surface area (Å²) in [5.74, 6) is -1.06. The number of benzene rings is 3. The summed E-state index contributed by atoms with van der Waals surface area (Å²) in [6.45, 7) is 0.712. The predicted octanol–water partition coefficient (Wildman–Crippen LogP) is 5.10. The number of piperidine rings is 1. The molecule has 1 aliphatic rings. The Morgan fingerprint density at radius 1 is 1.05 bits per heavy atom. The molecule has 2 amide bonds. The van der Waals surface area contributed by atoms with Crippen LogP contribution in [0.4, 0.5) is 15.8 Å². The van der Waals surface area contributed by atoms with Crippen molar-refractivity contribution < 1.29 is 28.6 Å². The van der Waals surface area contributed by atoms with E-state index in [9.17, 15) is 19.5 Å². The quantitative estimate of drug-likeness (QED) is 0.176. The van der Waals surface area contributed by atoms with Gasteiger partial charge in [-0.15, -0.1) is 6.42 Å². The van der Waals surface area contributed by atoms with Crippen molar-refractivity contribution in [1.82, 2.24) is 4.90 Å². The zero-order chi connectivity index (χ0) is 29.7. The second-order valence-electron chi connectivity index (χ2n) is 9.30. The first-order chi connectivity index (χ1) is 19.6. The fourth-order valence-corrected chi connectivity index (χ4v) is 4.67. The number of ether oxygens (including phenoxy) is 1. The molecule has 1 heterocycles. The number of aliphatic carboxylic acids is 1. The summed E-state index contributed by atoms with van der Waals surface area (Å²) in [4.78, 5) is 39.2. The van der Waals surface area contributed by atoms with E-state index in [-0.39, 0.29) is 39.0 Å². The van der Waals surface area contributed by atoms with Gasteiger partial charge < -0.3 is 25.4 Å². The molecule has 41 heavy (non-hydrogen) atoms. The van der Waals surface area contributed by atoms with E-state index in [1.807, 2.05) is 0 Å². The second-order valence-corrected chi connectivity index (χ2v) is 9.74. The molecule has 0 unspecified atom stereocenters. The van der Waals surface area contributed by atoms with E-state index in [4.69, 9.17) is 28.2 Å². The van der Waals surface area contributed by atoms with E-state index in [1.54, 1.807) is 29.2 Å². The molecule has 1 fully saturated rings. The van der Waals surface area contributed by atoms with Crippen LogP contribution in [0.3, 0.4) is 0 Å². The number of carbonyl (C=O) groups is 3. The summed E-state index contributed by atoms with van der Waals surface area (Å²) in [5, 5.41) is 23.1. The van der Waals surface area contributed by atoms with E-state index in [0.29, 0.717) is 37.2 Å². The lowest BCUT2D eigenvalue weighted by Crippen LogP contribution is -2.40. The van der Waals surface area contributed by atoms with Gasteiger partial charge in [0.15, 0.2) is 0 Å². The van der Waals surface area contributed by atoms with E-state index in [1.165, 1.54) is 31.4 Å². The SMILES string of the molecule is C#Cc1ccc(NC(=O)c2cc(Cl)cc(OC)c2NC(=O)c2ccc(C(=N)N3CCC(C(=O)O)CC3)cc2F)cc1.